The second kappa shape index (κ2) is 6.28. The predicted molar refractivity (Wildman–Crippen MR) is 68.4 cm³/mol. The van der Waals surface area contributed by atoms with E-state index in [-0.39, 0.29) is 0 Å². The van der Waals surface area contributed by atoms with Crippen LogP contribution in [-0.2, 0) is 11.4 Å². The van der Waals surface area contributed by atoms with Gasteiger partial charge in [-0.1, -0.05) is 18.6 Å². The minimum absolute atomic E-state index is 0.703. The lowest BCUT2D eigenvalue weighted by molar-refractivity contribution is -0.178. The summed E-state index contributed by atoms with van der Waals surface area (Å²) in [7, 11) is 0. The Labute approximate surface area is 102 Å². The molecule has 2 rings (SSSR count). The summed E-state index contributed by atoms with van der Waals surface area (Å²) in [5, 5.41) is 2.10. The van der Waals surface area contributed by atoms with Crippen molar-refractivity contribution in [1.82, 2.24) is 5.06 Å². The normalized spacial score (nSPS) is 17.6. The van der Waals surface area contributed by atoms with Gasteiger partial charge >= 0.3 is 0 Å². The van der Waals surface area contributed by atoms with E-state index in [4.69, 9.17) is 4.84 Å². The fraction of sp³-hybridized carbons (Fsp3) is 0.538. The van der Waals surface area contributed by atoms with Gasteiger partial charge in [0, 0.05) is 18.0 Å². The van der Waals surface area contributed by atoms with Gasteiger partial charge in [-0.3, -0.25) is 4.84 Å². The summed E-state index contributed by atoms with van der Waals surface area (Å²) >= 11 is 1.77. The lowest BCUT2D eigenvalue weighted by Gasteiger charge is -2.25. The average Bonchev–Trinajstić information content (AvgIpc) is 2.38. The Kier molecular flexibility index (Phi) is 4.69. The van der Waals surface area contributed by atoms with Crippen molar-refractivity contribution in [2.45, 2.75) is 30.8 Å². The first-order chi connectivity index (χ1) is 7.88. The molecule has 1 saturated heterocycles. The van der Waals surface area contributed by atoms with Crippen LogP contribution in [0.4, 0.5) is 0 Å². The van der Waals surface area contributed by atoms with Crippen molar-refractivity contribution in [3.63, 3.8) is 0 Å². The summed E-state index contributed by atoms with van der Waals surface area (Å²) in [6.07, 6.45) is 5.98. The van der Waals surface area contributed by atoms with Gasteiger partial charge < -0.3 is 0 Å². The van der Waals surface area contributed by atoms with Crippen LogP contribution in [0.5, 0.6) is 0 Å². The molecule has 2 nitrogen and oxygen atoms in total. The standard InChI is InChI=1S/C13H19NOS/c1-16-13-7-5-12(6-8-13)11-15-14-9-3-2-4-10-14/h5-8H,2-4,9-11H2,1H3. The molecule has 0 unspecified atom stereocenters. The van der Waals surface area contributed by atoms with Crippen LogP contribution in [-0.4, -0.2) is 24.4 Å². The maximum atomic E-state index is 5.77. The van der Waals surface area contributed by atoms with Gasteiger partial charge in [0.05, 0.1) is 6.61 Å². The van der Waals surface area contributed by atoms with Crippen LogP contribution in [0.15, 0.2) is 29.2 Å². The second-order valence-corrected chi connectivity index (χ2v) is 4.99. The second-order valence-electron chi connectivity index (χ2n) is 4.11. The summed E-state index contributed by atoms with van der Waals surface area (Å²) in [6, 6.07) is 8.60. The summed E-state index contributed by atoms with van der Waals surface area (Å²) < 4.78 is 0. The monoisotopic (exact) mass is 237 g/mol. The number of hydrogen-bond donors (Lipinski definition) is 0. The average molecular weight is 237 g/mol. The molecule has 3 heteroatoms. The molecule has 0 radical (unpaired) electrons. The lowest BCUT2D eigenvalue weighted by atomic mass is 10.2. The molecular weight excluding hydrogens is 218 g/mol. The predicted octanol–water partition coefficient (Wildman–Crippen LogP) is 3.33. The number of hydrogen-bond acceptors (Lipinski definition) is 3. The number of nitrogens with zero attached hydrogens (tertiary/aromatic N) is 1. The molecule has 0 N–H and O–H groups in total. The van der Waals surface area contributed by atoms with Crippen molar-refractivity contribution in [1.29, 1.82) is 0 Å². The van der Waals surface area contributed by atoms with Gasteiger partial charge in [0.15, 0.2) is 0 Å². The Hall–Kier alpha value is -0.510. The molecule has 1 heterocycles. The Morgan fingerprint density at radius 2 is 1.81 bits per heavy atom. The molecule has 1 aliphatic rings. The molecule has 1 aromatic carbocycles. The molecule has 1 aromatic rings. The lowest BCUT2D eigenvalue weighted by Crippen LogP contribution is -2.29. The van der Waals surface area contributed by atoms with Crippen molar-refractivity contribution in [3.05, 3.63) is 29.8 Å². The summed E-state index contributed by atoms with van der Waals surface area (Å²) in [5.74, 6) is 0. The van der Waals surface area contributed by atoms with Crippen molar-refractivity contribution < 1.29 is 4.84 Å². The highest BCUT2D eigenvalue weighted by molar-refractivity contribution is 7.98. The third-order valence-electron chi connectivity index (χ3n) is 2.89. The summed E-state index contributed by atoms with van der Waals surface area (Å²) in [5.41, 5.74) is 1.25. The number of thioether (sulfide) groups is 1. The first kappa shape index (κ1) is 12.0. The van der Waals surface area contributed by atoms with Crippen molar-refractivity contribution in [2.75, 3.05) is 19.3 Å². The van der Waals surface area contributed by atoms with E-state index in [9.17, 15) is 0 Å². The van der Waals surface area contributed by atoms with E-state index in [2.05, 4.69) is 35.6 Å². The third kappa shape index (κ3) is 3.51. The molecule has 16 heavy (non-hydrogen) atoms. The van der Waals surface area contributed by atoms with Crippen LogP contribution in [0.25, 0.3) is 0 Å². The number of rotatable bonds is 4. The summed E-state index contributed by atoms with van der Waals surface area (Å²) in [6.45, 7) is 2.88. The fourth-order valence-corrected chi connectivity index (χ4v) is 2.29. The molecule has 0 spiro atoms. The Morgan fingerprint density at radius 1 is 1.12 bits per heavy atom. The van der Waals surface area contributed by atoms with Crippen molar-refractivity contribution in [2.24, 2.45) is 0 Å². The molecule has 0 atom stereocenters. The van der Waals surface area contributed by atoms with Crippen molar-refractivity contribution in [3.8, 4) is 0 Å². The van der Waals surface area contributed by atoms with Gasteiger partial charge in [0.25, 0.3) is 0 Å². The summed E-state index contributed by atoms with van der Waals surface area (Å²) in [4.78, 5) is 7.08. The molecule has 0 amide bonds. The highest BCUT2D eigenvalue weighted by atomic mass is 32.2. The molecular formula is C13H19NOS. The largest absolute Gasteiger partial charge is 0.294 e. The van der Waals surface area contributed by atoms with Crippen LogP contribution in [0.3, 0.4) is 0 Å². The van der Waals surface area contributed by atoms with Gasteiger partial charge in [-0.25, -0.2) is 0 Å². The highest BCUT2D eigenvalue weighted by Gasteiger charge is 2.10. The maximum Gasteiger partial charge on any atom is 0.0935 e. The molecule has 0 aliphatic carbocycles. The van der Waals surface area contributed by atoms with Gasteiger partial charge in [-0.15, -0.1) is 11.8 Å². The highest BCUT2D eigenvalue weighted by Crippen LogP contribution is 2.16. The molecule has 1 fully saturated rings. The van der Waals surface area contributed by atoms with E-state index < -0.39 is 0 Å². The molecule has 88 valence electrons. The SMILES string of the molecule is CSc1ccc(CON2CCCCC2)cc1. The van der Waals surface area contributed by atoms with E-state index in [0.29, 0.717) is 6.61 Å². The first-order valence-electron chi connectivity index (χ1n) is 5.89. The molecule has 0 bridgehead atoms. The molecule has 1 aliphatic heterocycles. The number of benzene rings is 1. The third-order valence-corrected chi connectivity index (χ3v) is 3.63. The molecule has 0 aromatic heterocycles. The quantitative estimate of drug-likeness (QED) is 0.745. The topological polar surface area (TPSA) is 12.5 Å². The smallest absolute Gasteiger partial charge is 0.0935 e. The van der Waals surface area contributed by atoms with Crippen LogP contribution in [0.1, 0.15) is 24.8 Å². The maximum absolute atomic E-state index is 5.77. The van der Waals surface area contributed by atoms with Crippen LogP contribution in [0.2, 0.25) is 0 Å². The fourth-order valence-electron chi connectivity index (χ4n) is 1.88. The van der Waals surface area contributed by atoms with Gasteiger partial charge in [0.1, 0.15) is 0 Å². The van der Waals surface area contributed by atoms with E-state index >= 15 is 0 Å². The van der Waals surface area contributed by atoms with E-state index in [1.165, 1.54) is 29.7 Å². The zero-order chi connectivity index (χ0) is 11.2. The minimum atomic E-state index is 0.703. The van der Waals surface area contributed by atoms with Crippen LogP contribution < -0.4 is 0 Å². The van der Waals surface area contributed by atoms with E-state index in [0.717, 1.165) is 13.1 Å². The van der Waals surface area contributed by atoms with E-state index in [1.54, 1.807) is 11.8 Å². The Balaban J connectivity index is 1.79. The Bertz CT molecular complexity index is 306. The molecule has 0 saturated carbocycles. The zero-order valence-corrected chi connectivity index (χ0v) is 10.6. The van der Waals surface area contributed by atoms with Crippen LogP contribution in [0, 0.1) is 0 Å². The van der Waals surface area contributed by atoms with Crippen molar-refractivity contribution >= 4 is 11.8 Å². The first-order valence-corrected chi connectivity index (χ1v) is 7.12. The van der Waals surface area contributed by atoms with Gasteiger partial charge in [-0.05, 0) is 36.8 Å². The van der Waals surface area contributed by atoms with E-state index in [1.807, 2.05) is 0 Å². The Morgan fingerprint density at radius 3 is 2.44 bits per heavy atom. The van der Waals surface area contributed by atoms with Crippen LogP contribution >= 0.6 is 11.8 Å². The zero-order valence-electron chi connectivity index (χ0n) is 9.82. The minimum Gasteiger partial charge on any atom is -0.294 e. The van der Waals surface area contributed by atoms with Gasteiger partial charge in [0.2, 0.25) is 0 Å². The number of hydroxylamine groups is 2. The van der Waals surface area contributed by atoms with Gasteiger partial charge in [-0.2, -0.15) is 5.06 Å². The number of piperidine rings is 1.